The van der Waals surface area contributed by atoms with Crippen molar-refractivity contribution in [3.05, 3.63) is 29.3 Å². The molecule has 1 fully saturated rings. The summed E-state index contributed by atoms with van der Waals surface area (Å²) in [6.45, 7) is 2.71. The van der Waals surface area contributed by atoms with Crippen molar-refractivity contribution in [3.63, 3.8) is 0 Å². The molecule has 1 N–H and O–H groups in total. The third kappa shape index (κ3) is 1.75. The Kier molecular flexibility index (Phi) is 2.73. The summed E-state index contributed by atoms with van der Waals surface area (Å²) in [7, 11) is 0. The van der Waals surface area contributed by atoms with Crippen LogP contribution >= 0.6 is 0 Å². The van der Waals surface area contributed by atoms with Gasteiger partial charge in [0.1, 0.15) is 5.75 Å². The van der Waals surface area contributed by atoms with Crippen LogP contribution in [0.2, 0.25) is 0 Å². The maximum atomic E-state index is 9.19. The fraction of sp³-hybridized carbons (Fsp3) is 0.500. The highest BCUT2D eigenvalue weighted by atomic mass is 16.5. The minimum Gasteiger partial charge on any atom is -0.493 e. The molecule has 2 rings (SSSR count). The van der Waals surface area contributed by atoms with Crippen molar-refractivity contribution in [2.24, 2.45) is 0 Å². The van der Waals surface area contributed by atoms with Crippen molar-refractivity contribution >= 4 is 0 Å². The van der Waals surface area contributed by atoms with E-state index in [1.807, 2.05) is 19.1 Å². The summed E-state index contributed by atoms with van der Waals surface area (Å²) in [6.07, 6.45) is 2.52. The van der Waals surface area contributed by atoms with E-state index in [1.165, 1.54) is 18.4 Å². The number of aliphatic hydroxyl groups is 1. The van der Waals surface area contributed by atoms with Gasteiger partial charge in [-0.25, -0.2) is 0 Å². The van der Waals surface area contributed by atoms with Crippen molar-refractivity contribution in [1.82, 2.24) is 0 Å². The minimum atomic E-state index is 0.0654. The summed E-state index contributed by atoms with van der Waals surface area (Å²) >= 11 is 0. The van der Waals surface area contributed by atoms with E-state index in [-0.39, 0.29) is 6.61 Å². The Bertz CT molecular complexity index is 316. The molecule has 0 saturated heterocycles. The Morgan fingerprint density at radius 1 is 1.43 bits per heavy atom. The van der Waals surface area contributed by atoms with E-state index in [1.54, 1.807) is 0 Å². The lowest BCUT2D eigenvalue weighted by molar-refractivity contribution is 0.266. The molecule has 1 aliphatic rings. The summed E-state index contributed by atoms with van der Waals surface area (Å²) < 4.78 is 5.60. The number of para-hydroxylation sites is 1. The standard InChI is InChI=1S/C12H16O2/c1-2-14-12-10(8-13)4-3-5-11(12)9-6-7-9/h3-5,9,13H,2,6-8H2,1H3. The van der Waals surface area contributed by atoms with Gasteiger partial charge in [0.05, 0.1) is 13.2 Å². The lowest BCUT2D eigenvalue weighted by Crippen LogP contribution is -2.00. The molecule has 1 aromatic carbocycles. The summed E-state index contributed by atoms with van der Waals surface area (Å²) in [4.78, 5) is 0. The zero-order valence-corrected chi connectivity index (χ0v) is 8.49. The zero-order valence-electron chi connectivity index (χ0n) is 8.49. The predicted octanol–water partition coefficient (Wildman–Crippen LogP) is 2.46. The second kappa shape index (κ2) is 4.01. The summed E-state index contributed by atoms with van der Waals surface area (Å²) in [5.74, 6) is 1.59. The van der Waals surface area contributed by atoms with E-state index in [2.05, 4.69) is 6.07 Å². The lowest BCUT2D eigenvalue weighted by Gasteiger charge is -2.13. The van der Waals surface area contributed by atoms with Gasteiger partial charge in [0.2, 0.25) is 0 Å². The quantitative estimate of drug-likeness (QED) is 0.794. The molecule has 14 heavy (non-hydrogen) atoms. The molecule has 0 aliphatic heterocycles. The highest BCUT2D eigenvalue weighted by molar-refractivity contribution is 5.45. The molecule has 0 unspecified atom stereocenters. The molecular weight excluding hydrogens is 176 g/mol. The van der Waals surface area contributed by atoms with Gasteiger partial charge < -0.3 is 9.84 Å². The van der Waals surface area contributed by atoms with E-state index < -0.39 is 0 Å². The molecule has 1 saturated carbocycles. The molecule has 76 valence electrons. The summed E-state index contributed by atoms with van der Waals surface area (Å²) in [5.41, 5.74) is 2.19. The third-order valence-corrected chi connectivity index (χ3v) is 2.60. The molecule has 0 bridgehead atoms. The number of benzene rings is 1. The number of rotatable bonds is 4. The average Bonchev–Trinajstić information content (AvgIpc) is 3.02. The molecule has 1 aliphatic carbocycles. The molecule has 0 aromatic heterocycles. The topological polar surface area (TPSA) is 29.5 Å². The van der Waals surface area contributed by atoms with Crippen molar-refractivity contribution in [2.75, 3.05) is 6.61 Å². The maximum Gasteiger partial charge on any atom is 0.128 e. The van der Waals surface area contributed by atoms with Crippen LogP contribution in [0.1, 0.15) is 36.8 Å². The van der Waals surface area contributed by atoms with Crippen LogP contribution in [0.25, 0.3) is 0 Å². The molecule has 0 heterocycles. The first-order valence-corrected chi connectivity index (χ1v) is 5.22. The number of aliphatic hydroxyl groups excluding tert-OH is 1. The van der Waals surface area contributed by atoms with Gasteiger partial charge in [-0.3, -0.25) is 0 Å². The number of ether oxygens (including phenoxy) is 1. The first-order chi connectivity index (χ1) is 6.86. The molecule has 0 atom stereocenters. The summed E-state index contributed by atoms with van der Waals surface area (Å²) in [6, 6.07) is 6.04. The number of hydrogen-bond donors (Lipinski definition) is 1. The van der Waals surface area contributed by atoms with E-state index >= 15 is 0 Å². The molecule has 0 amide bonds. The van der Waals surface area contributed by atoms with Crippen LogP contribution in [0.15, 0.2) is 18.2 Å². The van der Waals surface area contributed by atoms with Gasteiger partial charge in [0.15, 0.2) is 0 Å². The highest BCUT2D eigenvalue weighted by Gasteiger charge is 2.27. The average molecular weight is 192 g/mol. The van der Waals surface area contributed by atoms with E-state index in [0.717, 1.165) is 11.3 Å². The fourth-order valence-electron chi connectivity index (χ4n) is 1.77. The normalized spacial score (nSPS) is 15.6. The van der Waals surface area contributed by atoms with E-state index in [4.69, 9.17) is 4.74 Å². The zero-order chi connectivity index (χ0) is 9.97. The Morgan fingerprint density at radius 2 is 2.21 bits per heavy atom. The molecule has 1 aromatic rings. The second-order valence-electron chi connectivity index (χ2n) is 3.70. The Hall–Kier alpha value is -1.02. The van der Waals surface area contributed by atoms with Gasteiger partial charge in [-0.15, -0.1) is 0 Å². The monoisotopic (exact) mass is 192 g/mol. The van der Waals surface area contributed by atoms with Crippen molar-refractivity contribution in [3.8, 4) is 5.75 Å². The van der Waals surface area contributed by atoms with Gasteiger partial charge in [-0.1, -0.05) is 18.2 Å². The molecule has 2 nitrogen and oxygen atoms in total. The Labute approximate surface area is 84.5 Å². The molecule has 0 radical (unpaired) electrons. The largest absolute Gasteiger partial charge is 0.493 e. The summed E-state index contributed by atoms with van der Waals surface area (Å²) in [5, 5.41) is 9.19. The maximum absolute atomic E-state index is 9.19. The van der Waals surface area contributed by atoms with Gasteiger partial charge in [0.25, 0.3) is 0 Å². The molecule has 2 heteroatoms. The van der Waals surface area contributed by atoms with Crippen LogP contribution in [0, 0.1) is 0 Å². The van der Waals surface area contributed by atoms with Gasteiger partial charge >= 0.3 is 0 Å². The van der Waals surface area contributed by atoms with Crippen LogP contribution < -0.4 is 4.74 Å². The molecule has 0 spiro atoms. The predicted molar refractivity (Wildman–Crippen MR) is 55.5 cm³/mol. The second-order valence-corrected chi connectivity index (χ2v) is 3.70. The first-order valence-electron chi connectivity index (χ1n) is 5.22. The van der Waals surface area contributed by atoms with Crippen molar-refractivity contribution < 1.29 is 9.84 Å². The number of hydrogen-bond acceptors (Lipinski definition) is 2. The minimum absolute atomic E-state index is 0.0654. The Morgan fingerprint density at radius 3 is 2.79 bits per heavy atom. The van der Waals surface area contributed by atoms with Crippen molar-refractivity contribution in [2.45, 2.75) is 32.3 Å². The van der Waals surface area contributed by atoms with Gasteiger partial charge in [-0.05, 0) is 31.2 Å². The van der Waals surface area contributed by atoms with Crippen LogP contribution in [0.5, 0.6) is 5.75 Å². The van der Waals surface area contributed by atoms with E-state index in [0.29, 0.717) is 12.5 Å². The third-order valence-electron chi connectivity index (χ3n) is 2.60. The lowest BCUT2D eigenvalue weighted by atomic mass is 10.1. The van der Waals surface area contributed by atoms with Crippen LogP contribution in [-0.2, 0) is 6.61 Å². The van der Waals surface area contributed by atoms with E-state index in [9.17, 15) is 5.11 Å². The van der Waals surface area contributed by atoms with Gasteiger partial charge in [-0.2, -0.15) is 0 Å². The smallest absolute Gasteiger partial charge is 0.128 e. The van der Waals surface area contributed by atoms with Crippen molar-refractivity contribution in [1.29, 1.82) is 0 Å². The first kappa shape index (κ1) is 9.53. The SMILES string of the molecule is CCOc1c(CO)cccc1C1CC1. The fourth-order valence-corrected chi connectivity index (χ4v) is 1.77. The van der Waals surface area contributed by atoms with Crippen LogP contribution in [0.3, 0.4) is 0 Å². The Balaban J connectivity index is 2.36. The highest BCUT2D eigenvalue weighted by Crippen LogP contribution is 2.45. The molecular formula is C12H16O2. The van der Waals surface area contributed by atoms with Crippen LogP contribution in [0.4, 0.5) is 0 Å². The van der Waals surface area contributed by atoms with Crippen LogP contribution in [-0.4, -0.2) is 11.7 Å². The van der Waals surface area contributed by atoms with Gasteiger partial charge in [0, 0.05) is 5.56 Å².